The Morgan fingerprint density at radius 3 is 2.31 bits per heavy atom. The van der Waals surface area contributed by atoms with Crippen molar-refractivity contribution in [3.8, 4) is 0 Å². The number of rotatable bonds is 5. The van der Waals surface area contributed by atoms with E-state index in [1.54, 1.807) is 36.4 Å². The van der Waals surface area contributed by atoms with E-state index in [4.69, 9.17) is 11.6 Å². The Morgan fingerprint density at radius 1 is 0.923 bits per heavy atom. The first-order valence-corrected chi connectivity index (χ1v) is 8.09. The standard InChI is InChI=1S/C19H14ClN3O3/c20-15-8-4-5-9-16(15)22-19(24)13-10-11-17(18(12-13)23(25)26)21-14-6-2-1-3-7-14/h1-12,21H,(H,22,24). The van der Waals surface area contributed by atoms with Crippen LogP contribution in [0, 0.1) is 10.1 Å². The number of halogens is 1. The van der Waals surface area contributed by atoms with Crippen molar-refractivity contribution in [3.63, 3.8) is 0 Å². The molecule has 6 nitrogen and oxygen atoms in total. The molecule has 0 radical (unpaired) electrons. The van der Waals surface area contributed by atoms with E-state index in [9.17, 15) is 14.9 Å². The summed E-state index contributed by atoms with van der Waals surface area (Å²) in [6, 6.07) is 20.1. The van der Waals surface area contributed by atoms with Gasteiger partial charge in [0.05, 0.1) is 15.6 Å². The number of hydrogen-bond acceptors (Lipinski definition) is 4. The van der Waals surface area contributed by atoms with Crippen molar-refractivity contribution in [2.24, 2.45) is 0 Å². The maximum absolute atomic E-state index is 12.4. The van der Waals surface area contributed by atoms with E-state index in [-0.39, 0.29) is 11.3 Å². The van der Waals surface area contributed by atoms with Crippen molar-refractivity contribution < 1.29 is 9.72 Å². The molecule has 7 heteroatoms. The number of nitro benzene ring substituents is 1. The van der Waals surface area contributed by atoms with Gasteiger partial charge in [-0.1, -0.05) is 41.9 Å². The summed E-state index contributed by atoms with van der Waals surface area (Å²) in [6.07, 6.45) is 0. The molecule has 0 spiro atoms. The van der Waals surface area contributed by atoms with Crippen molar-refractivity contribution in [2.75, 3.05) is 10.6 Å². The Bertz CT molecular complexity index is 961. The normalized spacial score (nSPS) is 10.2. The molecule has 0 saturated carbocycles. The molecule has 0 bridgehead atoms. The number of benzene rings is 3. The van der Waals surface area contributed by atoms with Crippen LogP contribution >= 0.6 is 11.6 Å². The fraction of sp³-hybridized carbons (Fsp3) is 0. The Balaban J connectivity index is 1.87. The molecule has 0 saturated heterocycles. The summed E-state index contributed by atoms with van der Waals surface area (Å²) >= 11 is 6.02. The number of carbonyl (C=O) groups is 1. The highest BCUT2D eigenvalue weighted by atomic mass is 35.5. The lowest BCUT2D eigenvalue weighted by Gasteiger charge is -2.10. The van der Waals surface area contributed by atoms with Crippen molar-refractivity contribution in [1.82, 2.24) is 0 Å². The highest BCUT2D eigenvalue weighted by molar-refractivity contribution is 6.33. The van der Waals surface area contributed by atoms with Crippen molar-refractivity contribution in [2.45, 2.75) is 0 Å². The number of anilines is 3. The van der Waals surface area contributed by atoms with Crippen molar-refractivity contribution >= 4 is 40.3 Å². The largest absolute Gasteiger partial charge is 0.350 e. The topological polar surface area (TPSA) is 84.3 Å². The third-order valence-electron chi connectivity index (χ3n) is 3.63. The second kappa shape index (κ2) is 7.67. The number of hydrogen-bond donors (Lipinski definition) is 2. The minimum atomic E-state index is -0.530. The first-order chi connectivity index (χ1) is 12.5. The van der Waals surface area contributed by atoms with Crippen LogP contribution in [0.25, 0.3) is 0 Å². The van der Waals surface area contributed by atoms with E-state index in [0.29, 0.717) is 22.1 Å². The number of amides is 1. The first-order valence-electron chi connectivity index (χ1n) is 7.71. The fourth-order valence-electron chi connectivity index (χ4n) is 2.36. The van der Waals surface area contributed by atoms with Gasteiger partial charge in [0.15, 0.2) is 0 Å². The van der Waals surface area contributed by atoms with E-state index in [1.807, 2.05) is 18.2 Å². The van der Waals surface area contributed by atoms with Gasteiger partial charge in [-0.3, -0.25) is 14.9 Å². The molecule has 0 aliphatic heterocycles. The lowest BCUT2D eigenvalue weighted by atomic mass is 10.1. The second-order valence-electron chi connectivity index (χ2n) is 5.41. The van der Waals surface area contributed by atoms with Crippen LogP contribution in [-0.4, -0.2) is 10.8 Å². The van der Waals surface area contributed by atoms with Gasteiger partial charge in [-0.2, -0.15) is 0 Å². The van der Waals surface area contributed by atoms with Crippen molar-refractivity contribution in [1.29, 1.82) is 0 Å². The van der Waals surface area contributed by atoms with Gasteiger partial charge in [-0.15, -0.1) is 0 Å². The van der Waals surface area contributed by atoms with E-state index >= 15 is 0 Å². The summed E-state index contributed by atoms with van der Waals surface area (Å²) in [5.74, 6) is -0.479. The van der Waals surface area contributed by atoms with Crippen LogP contribution < -0.4 is 10.6 Å². The third kappa shape index (κ3) is 3.99. The maximum Gasteiger partial charge on any atom is 0.293 e. The molecule has 130 valence electrons. The minimum Gasteiger partial charge on any atom is -0.350 e. The number of nitrogens with one attached hydrogen (secondary N) is 2. The van der Waals surface area contributed by atoms with Gasteiger partial charge >= 0.3 is 0 Å². The molecule has 0 aliphatic rings. The molecule has 0 heterocycles. The molecular weight excluding hydrogens is 354 g/mol. The summed E-state index contributed by atoms with van der Waals surface area (Å²) in [5.41, 5.74) is 1.42. The number of para-hydroxylation sites is 2. The zero-order valence-electron chi connectivity index (χ0n) is 13.5. The SMILES string of the molecule is O=C(Nc1ccccc1Cl)c1ccc(Nc2ccccc2)c([N+](=O)[O-])c1. The second-order valence-corrected chi connectivity index (χ2v) is 5.82. The molecular formula is C19H14ClN3O3. The third-order valence-corrected chi connectivity index (χ3v) is 3.96. The van der Waals surface area contributed by atoms with Crippen molar-refractivity contribution in [3.05, 3.63) is 93.5 Å². The Kier molecular flexibility index (Phi) is 5.15. The van der Waals surface area contributed by atoms with Crippen LogP contribution in [0.4, 0.5) is 22.7 Å². The predicted octanol–water partition coefficient (Wildman–Crippen LogP) is 5.24. The van der Waals surface area contributed by atoms with Crippen LogP contribution in [0.15, 0.2) is 72.8 Å². The first kappa shape index (κ1) is 17.4. The van der Waals surface area contributed by atoms with Gasteiger partial charge in [-0.05, 0) is 36.4 Å². The molecule has 1 amide bonds. The summed E-state index contributed by atoms with van der Waals surface area (Å²) in [6.45, 7) is 0. The van der Waals surface area contributed by atoms with Crippen LogP contribution in [0.1, 0.15) is 10.4 Å². The van der Waals surface area contributed by atoms with Gasteiger partial charge in [0.2, 0.25) is 0 Å². The molecule has 0 fully saturated rings. The van der Waals surface area contributed by atoms with Gasteiger partial charge in [0, 0.05) is 17.3 Å². The quantitative estimate of drug-likeness (QED) is 0.476. The molecule has 0 unspecified atom stereocenters. The van der Waals surface area contributed by atoms with Gasteiger partial charge in [-0.25, -0.2) is 0 Å². The van der Waals surface area contributed by atoms with Crippen LogP contribution in [-0.2, 0) is 0 Å². The summed E-state index contributed by atoms with van der Waals surface area (Å²) in [7, 11) is 0. The van der Waals surface area contributed by atoms with Gasteiger partial charge < -0.3 is 10.6 Å². The highest BCUT2D eigenvalue weighted by Gasteiger charge is 2.18. The molecule has 0 atom stereocenters. The molecule has 3 rings (SSSR count). The molecule has 0 aromatic heterocycles. The minimum absolute atomic E-state index is 0.162. The Hall–Kier alpha value is -3.38. The average molecular weight is 368 g/mol. The summed E-state index contributed by atoms with van der Waals surface area (Å²) in [4.78, 5) is 23.3. The Labute approximate surface area is 154 Å². The molecule has 2 N–H and O–H groups in total. The molecule has 3 aromatic rings. The van der Waals surface area contributed by atoms with Crippen LogP contribution in [0.3, 0.4) is 0 Å². The van der Waals surface area contributed by atoms with E-state index in [1.165, 1.54) is 18.2 Å². The number of nitrogens with zero attached hydrogens (tertiary/aromatic N) is 1. The lowest BCUT2D eigenvalue weighted by Crippen LogP contribution is -2.12. The molecule has 26 heavy (non-hydrogen) atoms. The maximum atomic E-state index is 12.4. The van der Waals surface area contributed by atoms with Crippen LogP contribution in [0.5, 0.6) is 0 Å². The Morgan fingerprint density at radius 2 is 1.62 bits per heavy atom. The number of nitro groups is 1. The monoisotopic (exact) mass is 367 g/mol. The predicted molar refractivity (Wildman–Crippen MR) is 102 cm³/mol. The van der Waals surface area contributed by atoms with E-state index in [0.717, 1.165) is 0 Å². The van der Waals surface area contributed by atoms with Gasteiger partial charge in [0.1, 0.15) is 5.69 Å². The number of carbonyl (C=O) groups excluding carboxylic acids is 1. The van der Waals surface area contributed by atoms with Crippen LogP contribution in [0.2, 0.25) is 5.02 Å². The molecule has 3 aromatic carbocycles. The fourth-order valence-corrected chi connectivity index (χ4v) is 2.55. The lowest BCUT2D eigenvalue weighted by molar-refractivity contribution is -0.383. The highest BCUT2D eigenvalue weighted by Crippen LogP contribution is 2.29. The van der Waals surface area contributed by atoms with E-state index < -0.39 is 10.8 Å². The zero-order valence-corrected chi connectivity index (χ0v) is 14.2. The van der Waals surface area contributed by atoms with Gasteiger partial charge in [0.25, 0.3) is 11.6 Å². The molecule has 0 aliphatic carbocycles. The summed E-state index contributed by atoms with van der Waals surface area (Å²) in [5, 5.41) is 17.4. The van der Waals surface area contributed by atoms with E-state index in [2.05, 4.69) is 10.6 Å². The average Bonchev–Trinajstić information content (AvgIpc) is 2.64. The zero-order chi connectivity index (χ0) is 18.5. The smallest absolute Gasteiger partial charge is 0.293 e. The summed E-state index contributed by atoms with van der Waals surface area (Å²) < 4.78 is 0.